The summed E-state index contributed by atoms with van der Waals surface area (Å²) >= 11 is 0. The van der Waals surface area contributed by atoms with Crippen LogP contribution in [0.3, 0.4) is 0 Å². The lowest BCUT2D eigenvalue weighted by molar-refractivity contribution is 0.0775. The third kappa shape index (κ3) is 3.80. The summed E-state index contributed by atoms with van der Waals surface area (Å²) in [5.41, 5.74) is 3.78. The fraction of sp³-hybridized carbons (Fsp3) is 0.304. The van der Waals surface area contributed by atoms with Crippen LogP contribution in [0.25, 0.3) is 10.9 Å². The molecule has 1 fully saturated rings. The number of likely N-dealkylation sites (N-methyl/N-ethyl adjacent to an activating group) is 1. The Morgan fingerprint density at radius 2 is 1.89 bits per heavy atom. The number of aromatic nitrogens is 1. The highest BCUT2D eigenvalue weighted by Crippen LogP contribution is 2.40. The first kappa shape index (κ1) is 17.5. The van der Waals surface area contributed by atoms with E-state index in [9.17, 15) is 4.79 Å². The Balaban J connectivity index is 1.50. The highest BCUT2D eigenvalue weighted by atomic mass is 16.5. The van der Waals surface area contributed by atoms with Gasteiger partial charge in [0.15, 0.2) is 0 Å². The van der Waals surface area contributed by atoms with E-state index in [1.54, 1.807) is 4.90 Å². The molecule has 27 heavy (non-hydrogen) atoms. The summed E-state index contributed by atoms with van der Waals surface area (Å²) in [6, 6.07) is 17.8. The molecule has 3 aromatic rings. The Kier molecular flexibility index (Phi) is 4.80. The zero-order valence-corrected chi connectivity index (χ0v) is 15.8. The first-order valence-corrected chi connectivity index (χ1v) is 9.47. The summed E-state index contributed by atoms with van der Waals surface area (Å²) in [5.74, 6) is 1.39. The van der Waals surface area contributed by atoms with Crippen molar-refractivity contribution in [2.75, 3.05) is 20.2 Å². The fourth-order valence-electron chi connectivity index (χ4n) is 3.28. The first-order chi connectivity index (χ1) is 13.1. The molecule has 4 rings (SSSR count). The van der Waals surface area contributed by atoms with E-state index in [1.807, 2.05) is 68.6 Å². The summed E-state index contributed by atoms with van der Waals surface area (Å²) in [5, 5.41) is 0.915. The Bertz CT molecular complexity index is 979. The molecular formula is C23H24N2O2. The highest BCUT2D eigenvalue weighted by molar-refractivity contribution is 6.06. The number of hydrogen-bond acceptors (Lipinski definition) is 3. The number of nitrogens with zero attached hydrogens (tertiary/aromatic N) is 2. The van der Waals surface area contributed by atoms with Gasteiger partial charge >= 0.3 is 0 Å². The minimum absolute atomic E-state index is 0.0175. The average molecular weight is 360 g/mol. The van der Waals surface area contributed by atoms with E-state index in [1.165, 1.54) is 12.8 Å². The average Bonchev–Trinajstić information content (AvgIpc) is 3.53. The van der Waals surface area contributed by atoms with Gasteiger partial charge < -0.3 is 9.64 Å². The molecule has 0 N–H and O–H groups in total. The number of aryl methyl sites for hydroxylation is 1. The largest absolute Gasteiger partial charge is 0.491 e. The molecular weight excluding hydrogens is 336 g/mol. The van der Waals surface area contributed by atoms with Crippen LogP contribution in [-0.4, -0.2) is 36.0 Å². The van der Waals surface area contributed by atoms with Gasteiger partial charge in [0.05, 0.1) is 17.6 Å². The zero-order valence-electron chi connectivity index (χ0n) is 15.8. The van der Waals surface area contributed by atoms with Gasteiger partial charge in [-0.25, -0.2) is 0 Å². The quantitative estimate of drug-likeness (QED) is 0.646. The van der Waals surface area contributed by atoms with Crippen molar-refractivity contribution in [2.24, 2.45) is 0 Å². The molecule has 4 heteroatoms. The zero-order chi connectivity index (χ0) is 18.8. The van der Waals surface area contributed by atoms with Crippen LogP contribution < -0.4 is 4.74 Å². The smallest absolute Gasteiger partial charge is 0.254 e. The van der Waals surface area contributed by atoms with E-state index in [-0.39, 0.29) is 5.91 Å². The predicted octanol–water partition coefficient (Wildman–Crippen LogP) is 4.57. The van der Waals surface area contributed by atoms with Crippen LogP contribution >= 0.6 is 0 Å². The molecule has 1 heterocycles. The van der Waals surface area contributed by atoms with Gasteiger partial charge in [-0.05, 0) is 43.5 Å². The van der Waals surface area contributed by atoms with Crippen LogP contribution in [0.4, 0.5) is 0 Å². The van der Waals surface area contributed by atoms with Gasteiger partial charge in [-0.1, -0.05) is 36.4 Å². The Labute approximate surface area is 159 Å². The minimum atomic E-state index is 0.0175. The second kappa shape index (κ2) is 7.39. The molecule has 0 unspecified atom stereocenters. The lowest BCUT2D eigenvalue weighted by Gasteiger charge is -2.19. The molecule has 1 aliphatic carbocycles. The second-order valence-corrected chi connectivity index (χ2v) is 7.23. The number of carbonyl (C=O) groups excluding carboxylic acids is 1. The molecule has 138 valence electrons. The minimum Gasteiger partial charge on any atom is -0.491 e. The third-order valence-electron chi connectivity index (χ3n) is 5.09. The van der Waals surface area contributed by atoms with Gasteiger partial charge in [-0.3, -0.25) is 9.78 Å². The lowest BCUT2D eigenvalue weighted by atomic mass is 10.0. The molecule has 0 bridgehead atoms. The van der Waals surface area contributed by atoms with Crippen LogP contribution in [0, 0.1) is 6.92 Å². The maximum Gasteiger partial charge on any atom is 0.254 e. The summed E-state index contributed by atoms with van der Waals surface area (Å²) in [4.78, 5) is 19.6. The maximum absolute atomic E-state index is 13.1. The molecule has 0 radical (unpaired) electrons. The standard InChI is InChI=1S/C23H24N2O2/c1-16-7-3-6-10-22(16)27-14-13-25(2)23(26)19-15-21(17-11-12-17)24-20-9-5-4-8-18(19)20/h3-10,15,17H,11-14H2,1-2H3. The monoisotopic (exact) mass is 360 g/mol. The first-order valence-electron chi connectivity index (χ1n) is 9.47. The van der Waals surface area contributed by atoms with E-state index in [4.69, 9.17) is 9.72 Å². The van der Waals surface area contributed by atoms with Crippen molar-refractivity contribution in [1.82, 2.24) is 9.88 Å². The highest BCUT2D eigenvalue weighted by Gasteiger charge is 2.27. The molecule has 0 atom stereocenters. The van der Waals surface area contributed by atoms with E-state index in [0.29, 0.717) is 19.1 Å². The van der Waals surface area contributed by atoms with E-state index < -0.39 is 0 Å². The van der Waals surface area contributed by atoms with Crippen molar-refractivity contribution in [1.29, 1.82) is 0 Å². The second-order valence-electron chi connectivity index (χ2n) is 7.23. The predicted molar refractivity (Wildman–Crippen MR) is 107 cm³/mol. The Morgan fingerprint density at radius 3 is 2.67 bits per heavy atom. The van der Waals surface area contributed by atoms with Gasteiger partial charge in [-0.2, -0.15) is 0 Å². The number of para-hydroxylation sites is 2. The topological polar surface area (TPSA) is 42.4 Å². The van der Waals surface area contributed by atoms with Crippen LogP contribution in [0.1, 0.15) is 40.4 Å². The summed E-state index contributed by atoms with van der Waals surface area (Å²) < 4.78 is 5.85. The van der Waals surface area contributed by atoms with Crippen molar-refractivity contribution >= 4 is 16.8 Å². The van der Waals surface area contributed by atoms with Gasteiger partial charge in [-0.15, -0.1) is 0 Å². The van der Waals surface area contributed by atoms with Crippen molar-refractivity contribution in [3.05, 3.63) is 71.4 Å². The number of hydrogen-bond donors (Lipinski definition) is 0. The summed E-state index contributed by atoms with van der Waals surface area (Å²) in [7, 11) is 1.83. The Hall–Kier alpha value is -2.88. The molecule has 0 spiro atoms. The lowest BCUT2D eigenvalue weighted by Crippen LogP contribution is -2.31. The van der Waals surface area contributed by atoms with Crippen LogP contribution in [0.15, 0.2) is 54.6 Å². The van der Waals surface area contributed by atoms with E-state index in [2.05, 4.69) is 0 Å². The molecule has 0 aliphatic heterocycles. The maximum atomic E-state index is 13.1. The number of ether oxygens (including phenoxy) is 1. The molecule has 2 aromatic carbocycles. The SMILES string of the molecule is Cc1ccccc1OCCN(C)C(=O)c1cc(C2CC2)nc2ccccc12. The molecule has 1 saturated carbocycles. The summed E-state index contributed by atoms with van der Waals surface area (Å²) in [6.07, 6.45) is 2.33. The molecule has 1 aliphatic rings. The van der Waals surface area contributed by atoms with Gasteiger partial charge in [0.25, 0.3) is 5.91 Å². The normalized spacial score (nSPS) is 13.6. The van der Waals surface area contributed by atoms with Gasteiger partial charge in [0.2, 0.25) is 0 Å². The van der Waals surface area contributed by atoms with Crippen molar-refractivity contribution in [3.8, 4) is 5.75 Å². The number of carbonyl (C=O) groups is 1. The number of amides is 1. The van der Waals surface area contributed by atoms with E-state index in [0.717, 1.165) is 33.5 Å². The van der Waals surface area contributed by atoms with Crippen molar-refractivity contribution in [3.63, 3.8) is 0 Å². The van der Waals surface area contributed by atoms with Gasteiger partial charge in [0.1, 0.15) is 12.4 Å². The van der Waals surface area contributed by atoms with Crippen molar-refractivity contribution < 1.29 is 9.53 Å². The van der Waals surface area contributed by atoms with Crippen molar-refractivity contribution in [2.45, 2.75) is 25.7 Å². The molecule has 1 amide bonds. The van der Waals surface area contributed by atoms with Crippen LogP contribution in [0.5, 0.6) is 5.75 Å². The number of fused-ring (bicyclic) bond motifs is 1. The van der Waals surface area contributed by atoms with E-state index >= 15 is 0 Å². The van der Waals surface area contributed by atoms with Crippen LogP contribution in [0.2, 0.25) is 0 Å². The Morgan fingerprint density at radius 1 is 1.15 bits per heavy atom. The van der Waals surface area contributed by atoms with Crippen LogP contribution in [-0.2, 0) is 0 Å². The fourth-order valence-corrected chi connectivity index (χ4v) is 3.28. The molecule has 4 nitrogen and oxygen atoms in total. The van der Waals surface area contributed by atoms with Gasteiger partial charge in [0, 0.05) is 24.0 Å². The summed E-state index contributed by atoms with van der Waals surface area (Å²) in [6.45, 7) is 3.01. The molecule has 1 aromatic heterocycles. The number of pyridine rings is 1. The number of rotatable bonds is 6. The molecule has 0 saturated heterocycles. The third-order valence-corrected chi connectivity index (χ3v) is 5.09. The number of benzene rings is 2.